The fourth-order valence-electron chi connectivity index (χ4n) is 4.92. The molecule has 1 amide bonds. The van der Waals surface area contributed by atoms with E-state index in [0.29, 0.717) is 30.5 Å². The number of rotatable bonds is 8. The number of aliphatic hydroxyl groups excluding tert-OH is 1. The second-order valence-electron chi connectivity index (χ2n) is 9.12. The number of carbonyl (C=O) groups is 1. The standard InChI is InChI=1S/C27H35N3O4/c1-18-22-15-20(19-9-11-30(12-10-19)26(32)17-29(2)13-14-31)5-7-23(22)28-27(18)21-6-8-24(33-3)25(16-21)34-4/h5-8,15-16,19,28,31H,9-14,17H2,1-4H3. The zero-order valence-corrected chi connectivity index (χ0v) is 20.6. The maximum atomic E-state index is 12.6. The predicted molar refractivity (Wildman–Crippen MR) is 135 cm³/mol. The number of benzene rings is 2. The van der Waals surface area contributed by atoms with E-state index in [-0.39, 0.29) is 12.5 Å². The van der Waals surface area contributed by atoms with E-state index in [9.17, 15) is 4.79 Å². The highest BCUT2D eigenvalue weighted by atomic mass is 16.5. The maximum Gasteiger partial charge on any atom is 0.236 e. The first-order chi connectivity index (χ1) is 16.4. The molecule has 1 aromatic heterocycles. The number of aryl methyl sites for hydroxylation is 1. The number of H-pyrrole nitrogens is 1. The Labute approximate surface area is 201 Å². The third-order valence-electron chi connectivity index (χ3n) is 6.96. The Morgan fingerprint density at radius 1 is 1.12 bits per heavy atom. The molecule has 182 valence electrons. The molecule has 2 N–H and O–H groups in total. The number of likely N-dealkylation sites (tertiary alicyclic amines) is 1. The number of amides is 1. The van der Waals surface area contributed by atoms with Crippen molar-refractivity contribution in [3.8, 4) is 22.8 Å². The number of carbonyl (C=O) groups excluding carboxylic acids is 1. The van der Waals surface area contributed by atoms with E-state index in [1.165, 1.54) is 16.5 Å². The Morgan fingerprint density at radius 3 is 2.53 bits per heavy atom. The number of aromatic amines is 1. The Bertz CT molecular complexity index is 1150. The lowest BCUT2D eigenvalue weighted by Crippen LogP contribution is -2.43. The largest absolute Gasteiger partial charge is 0.493 e. The number of likely N-dealkylation sites (N-methyl/N-ethyl adjacent to an activating group) is 1. The molecule has 0 radical (unpaired) electrons. The summed E-state index contributed by atoms with van der Waals surface area (Å²) in [5, 5.41) is 10.3. The van der Waals surface area contributed by atoms with Gasteiger partial charge in [-0.15, -0.1) is 0 Å². The summed E-state index contributed by atoms with van der Waals surface area (Å²) in [4.78, 5) is 20.0. The summed E-state index contributed by atoms with van der Waals surface area (Å²) in [6, 6.07) is 12.7. The van der Waals surface area contributed by atoms with Gasteiger partial charge in [-0.05, 0) is 74.2 Å². The van der Waals surface area contributed by atoms with E-state index in [0.717, 1.165) is 42.7 Å². The summed E-state index contributed by atoms with van der Waals surface area (Å²) < 4.78 is 10.9. The molecule has 1 saturated heterocycles. The van der Waals surface area contributed by atoms with Crippen LogP contribution >= 0.6 is 0 Å². The average Bonchev–Trinajstić information content (AvgIpc) is 3.19. The van der Waals surface area contributed by atoms with Crippen LogP contribution in [0.1, 0.15) is 29.9 Å². The van der Waals surface area contributed by atoms with Crippen molar-refractivity contribution in [2.24, 2.45) is 0 Å². The van der Waals surface area contributed by atoms with Crippen molar-refractivity contribution < 1.29 is 19.4 Å². The van der Waals surface area contributed by atoms with Crippen molar-refractivity contribution >= 4 is 16.8 Å². The van der Waals surface area contributed by atoms with Gasteiger partial charge in [0.2, 0.25) is 5.91 Å². The van der Waals surface area contributed by atoms with Gasteiger partial charge < -0.3 is 24.5 Å². The van der Waals surface area contributed by atoms with Crippen molar-refractivity contribution in [3.05, 3.63) is 47.5 Å². The van der Waals surface area contributed by atoms with Gasteiger partial charge in [-0.2, -0.15) is 0 Å². The quantitative estimate of drug-likeness (QED) is 0.529. The molecule has 7 heteroatoms. The molecule has 0 unspecified atom stereocenters. The molecule has 0 saturated carbocycles. The second-order valence-corrected chi connectivity index (χ2v) is 9.12. The molecule has 3 aromatic rings. The van der Waals surface area contributed by atoms with Crippen LogP contribution < -0.4 is 9.47 Å². The lowest BCUT2D eigenvalue weighted by atomic mass is 9.88. The predicted octanol–water partition coefficient (Wildman–Crippen LogP) is 3.79. The van der Waals surface area contributed by atoms with E-state index in [1.54, 1.807) is 14.2 Å². The summed E-state index contributed by atoms with van der Waals surface area (Å²) in [5.41, 5.74) is 5.80. The van der Waals surface area contributed by atoms with Crippen molar-refractivity contribution in [3.63, 3.8) is 0 Å². The van der Waals surface area contributed by atoms with Crippen LogP contribution in [0.4, 0.5) is 0 Å². The summed E-state index contributed by atoms with van der Waals surface area (Å²) in [7, 11) is 5.16. The zero-order valence-electron chi connectivity index (χ0n) is 20.6. The number of ether oxygens (including phenoxy) is 2. The Balaban J connectivity index is 1.50. The molecule has 0 spiro atoms. The minimum atomic E-state index is 0.0701. The van der Waals surface area contributed by atoms with Crippen LogP contribution in [0, 0.1) is 6.92 Å². The summed E-state index contributed by atoms with van der Waals surface area (Å²) in [5.74, 6) is 2.02. The number of aromatic nitrogens is 1. The smallest absolute Gasteiger partial charge is 0.236 e. The van der Waals surface area contributed by atoms with Gasteiger partial charge in [-0.3, -0.25) is 9.69 Å². The lowest BCUT2D eigenvalue weighted by molar-refractivity contribution is -0.133. The van der Waals surface area contributed by atoms with Gasteiger partial charge in [-0.1, -0.05) is 6.07 Å². The summed E-state index contributed by atoms with van der Waals surface area (Å²) in [6.07, 6.45) is 1.93. The first-order valence-electron chi connectivity index (χ1n) is 11.9. The molecular formula is C27H35N3O4. The van der Waals surface area contributed by atoms with E-state index < -0.39 is 0 Å². The van der Waals surface area contributed by atoms with Gasteiger partial charge in [0.15, 0.2) is 11.5 Å². The minimum Gasteiger partial charge on any atom is -0.493 e. The zero-order chi connectivity index (χ0) is 24.2. The fourth-order valence-corrected chi connectivity index (χ4v) is 4.92. The molecule has 0 aliphatic carbocycles. The van der Waals surface area contributed by atoms with Gasteiger partial charge in [0.05, 0.1) is 27.4 Å². The number of piperidine rings is 1. The molecule has 1 aliphatic rings. The van der Waals surface area contributed by atoms with Crippen LogP contribution in [0.25, 0.3) is 22.2 Å². The van der Waals surface area contributed by atoms with Gasteiger partial charge in [0.1, 0.15) is 0 Å². The van der Waals surface area contributed by atoms with Gasteiger partial charge >= 0.3 is 0 Å². The van der Waals surface area contributed by atoms with Crippen LogP contribution in [0.5, 0.6) is 11.5 Å². The number of hydrogen-bond acceptors (Lipinski definition) is 5. The average molecular weight is 466 g/mol. The highest BCUT2D eigenvalue weighted by Crippen LogP contribution is 2.37. The van der Waals surface area contributed by atoms with Crippen molar-refractivity contribution in [2.45, 2.75) is 25.7 Å². The fraction of sp³-hybridized carbons (Fsp3) is 0.444. The third-order valence-corrected chi connectivity index (χ3v) is 6.96. The molecule has 34 heavy (non-hydrogen) atoms. The number of aliphatic hydroxyl groups is 1. The molecular weight excluding hydrogens is 430 g/mol. The Hall–Kier alpha value is -3.03. The molecule has 2 heterocycles. The molecule has 4 rings (SSSR count). The lowest BCUT2D eigenvalue weighted by Gasteiger charge is -2.33. The van der Waals surface area contributed by atoms with E-state index >= 15 is 0 Å². The van der Waals surface area contributed by atoms with Crippen molar-refractivity contribution in [2.75, 3.05) is 54.1 Å². The van der Waals surface area contributed by atoms with Crippen LogP contribution in [0.15, 0.2) is 36.4 Å². The van der Waals surface area contributed by atoms with E-state index in [1.807, 2.05) is 35.0 Å². The van der Waals surface area contributed by atoms with Gasteiger partial charge in [0.25, 0.3) is 0 Å². The number of nitrogens with one attached hydrogen (secondary N) is 1. The molecule has 2 aromatic carbocycles. The minimum absolute atomic E-state index is 0.0701. The Morgan fingerprint density at radius 2 is 1.85 bits per heavy atom. The molecule has 0 atom stereocenters. The molecule has 0 bridgehead atoms. The SMILES string of the molecule is COc1ccc(-c2[nH]c3ccc(C4CCN(C(=O)CN(C)CCO)CC4)cc3c2C)cc1OC. The second kappa shape index (κ2) is 10.5. The number of methoxy groups -OCH3 is 2. The number of fused-ring (bicyclic) bond motifs is 1. The van der Waals surface area contributed by atoms with Crippen LogP contribution in [-0.2, 0) is 4.79 Å². The number of hydrogen-bond donors (Lipinski definition) is 2. The number of nitrogens with zero attached hydrogens (tertiary/aromatic N) is 2. The normalized spacial score (nSPS) is 14.7. The van der Waals surface area contributed by atoms with Crippen molar-refractivity contribution in [1.82, 2.24) is 14.8 Å². The third kappa shape index (κ3) is 4.91. The molecule has 7 nitrogen and oxygen atoms in total. The first kappa shape index (κ1) is 24.1. The van der Waals surface area contributed by atoms with E-state index in [4.69, 9.17) is 14.6 Å². The van der Waals surface area contributed by atoms with Crippen LogP contribution in [0.2, 0.25) is 0 Å². The van der Waals surface area contributed by atoms with Gasteiger partial charge in [0, 0.05) is 41.8 Å². The van der Waals surface area contributed by atoms with Crippen molar-refractivity contribution in [1.29, 1.82) is 0 Å². The van der Waals surface area contributed by atoms with Gasteiger partial charge in [-0.25, -0.2) is 0 Å². The highest BCUT2D eigenvalue weighted by Gasteiger charge is 2.25. The van der Waals surface area contributed by atoms with Crippen LogP contribution in [0.3, 0.4) is 0 Å². The summed E-state index contributed by atoms with van der Waals surface area (Å²) >= 11 is 0. The summed E-state index contributed by atoms with van der Waals surface area (Å²) in [6.45, 7) is 4.65. The maximum absolute atomic E-state index is 12.6. The Kier molecular flexibility index (Phi) is 7.44. The molecule has 1 aliphatic heterocycles. The highest BCUT2D eigenvalue weighted by molar-refractivity contribution is 5.91. The van der Waals surface area contributed by atoms with E-state index in [2.05, 4.69) is 30.1 Å². The first-order valence-corrected chi connectivity index (χ1v) is 11.9. The molecule has 1 fully saturated rings. The van der Waals surface area contributed by atoms with Crippen LogP contribution in [-0.4, -0.2) is 79.9 Å². The topological polar surface area (TPSA) is 78.0 Å². The monoisotopic (exact) mass is 465 g/mol.